The van der Waals surface area contributed by atoms with Crippen LogP contribution < -0.4 is 5.32 Å². The van der Waals surface area contributed by atoms with E-state index >= 15 is 0 Å². The first-order chi connectivity index (χ1) is 11.3. The SMILES string of the molecule is CC(C)C[C@H](NC(=O)C(F)(F)Cl)C(=O)N1C[C@H]2[C@@H]([C@H]1C(=O)O)C2(C)C. The van der Waals surface area contributed by atoms with Crippen molar-refractivity contribution in [1.82, 2.24) is 10.2 Å². The van der Waals surface area contributed by atoms with Gasteiger partial charge in [-0.3, -0.25) is 9.59 Å². The molecule has 0 bridgehead atoms. The molecular weight excluding hydrogens is 358 g/mol. The molecule has 2 N–H and O–H groups in total. The van der Waals surface area contributed by atoms with Gasteiger partial charge in [-0.05, 0) is 35.3 Å². The van der Waals surface area contributed by atoms with Crippen molar-refractivity contribution < 1.29 is 28.3 Å². The van der Waals surface area contributed by atoms with Crippen LogP contribution in [0.2, 0.25) is 0 Å². The highest BCUT2D eigenvalue weighted by Gasteiger charge is 2.69. The van der Waals surface area contributed by atoms with Crippen molar-refractivity contribution in [3.05, 3.63) is 0 Å². The number of carboxylic acid groups (broad SMARTS) is 1. The number of rotatable bonds is 6. The van der Waals surface area contributed by atoms with Crippen LogP contribution in [0.15, 0.2) is 0 Å². The molecule has 142 valence electrons. The normalized spacial score (nSPS) is 28.5. The van der Waals surface area contributed by atoms with Crippen molar-refractivity contribution in [2.45, 2.75) is 51.6 Å². The van der Waals surface area contributed by atoms with E-state index in [1.54, 1.807) is 13.8 Å². The number of hydrogen-bond donors (Lipinski definition) is 2. The van der Waals surface area contributed by atoms with E-state index in [-0.39, 0.29) is 36.1 Å². The molecular formula is C16H23ClF2N2O4. The number of piperidine rings is 1. The number of alkyl halides is 3. The number of nitrogens with one attached hydrogen (secondary N) is 1. The number of likely N-dealkylation sites (tertiary alicyclic amines) is 1. The minimum absolute atomic E-state index is 0.0578. The Bertz CT molecular complexity index is 591. The van der Waals surface area contributed by atoms with Gasteiger partial charge in [0.2, 0.25) is 5.91 Å². The Morgan fingerprint density at radius 3 is 2.36 bits per heavy atom. The van der Waals surface area contributed by atoms with E-state index in [4.69, 9.17) is 11.6 Å². The predicted molar refractivity (Wildman–Crippen MR) is 86.1 cm³/mol. The minimum atomic E-state index is -4.13. The van der Waals surface area contributed by atoms with Crippen LogP contribution >= 0.6 is 11.6 Å². The van der Waals surface area contributed by atoms with E-state index in [2.05, 4.69) is 0 Å². The van der Waals surface area contributed by atoms with Gasteiger partial charge in [0.15, 0.2) is 0 Å². The first-order valence-corrected chi connectivity index (χ1v) is 8.57. The van der Waals surface area contributed by atoms with Gasteiger partial charge >= 0.3 is 17.3 Å². The molecule has 1 saturated heterocycles. The molecule has 0 aromatic rings. The Labute approximate surface area is 149 Å². The van der Waals surface area contributed by atoms with Crippen molar-refractivity contribution in [1.29, 1.82) is 0 Å². The first kappa shape index (κ1) is 19.9. The molecule has 1 aliphatic heterocycles. The second kappa shape index (κ2) is 6.37. The fourth-order valence-electron chi connectivity index (χ4n) is 3.93. The van der Waals surface area contributed by atoms with Crippen molar-refractivity contribution in [2.75, 3.05) is 6.54 Å². The second-order valence-electron chi connectivity index (χ2n) is 7.88. The molecule has 25 heavy (non-hydrogen) atoms. The number of aliphatic carboxylic acids is 1. The summed E-state index contributed by atoms with van der Waals surface area (Å²) in [7, 11) is 0. The van der Waals surface area contributed by atoms with Crippen molar-refractivity contribution in [3.8, 4) is 0 Å². The van der Waals surface area contributed by atoms with Crippen molar-refractivity contribution >= 4 is 29.4 Å². The van der Waals surface area contributed by atoms with Gasteiger partial charge in [0, 0.05) is 12.5 Å². The summed E-state index contributed by atoms with van der Waals surface area (Å²) in [4.78, 5) is 37.1. The molecule has 0 unspecified atom stereocenters. The Morgan fingerprint density at radius 2 is 1.92 bits per heavy atom. The summed E-state index contributed by atoms with van der Waals surface area (Å²) < 4.78 is 25.9. The lowest BCUT2D eigenvalue weighted by Gasteiger charge is -2.32. The fraction of sp³-hybridized carbons (Fsp3) is 0.812. The number of amides is 2. The van der Waals surface area contributed by atoms with E-state index in [1.165, 1.54) is 4.90 Å². The van der Waals surface area contributed by atoms with Crippen LogP contribution in [0.5, 0.6) is 0 Å². The van der Waals surface area contributed by atoms with Gasteiger partial charge in [0.05, 0.1) is 0 Å². The summed E-state index contributed by atoms with van der Waals surface area (Å²) in [5.41, 5.74) is -0.167. The van der Waals surface area contributed by atoms with E-state index < -0.39 is 35.2 Å². The predicted octanol–water partition coefficient (Wildman–Crippen LogP) is 1.92. The van der Waals surface area contributed by atoms with Crippen LogP contribution in [-0.4, -0.2) is 51.8 Å². The third-order valence-corrected chi connectivity index (χ3v) is 5.48. The molecule has 0 aromatic carbocycles. The maximum atomic E-state index is 13.0. The average Bonchev–Trinajstić information content (AvgIpc) is 2.84. The van der Waals surface area contributed by atoms with Crippen LogP contribution in [-0.2, 0) is 14.4 Å². The highest BCUT2D eigenvalue weighted by Crippen LogP contribution is 2.64. The van der Waals surface area contributed by atoms with Gasteiger partial charge < -0.3 is 15.3 Å². The van der Waals surface area contributed by atoms with E-state index in [0.29, 0.717) is 0 Å². The summed E-state index contributed by atoms with van der Waals surface area (Å²) in [6.07, 6.45) is 0.110. The molecule has 2 fully saturated rings. The quantitative estimate of drug-likeness (QED) is 0.689. The number of carboxylic acids is 1. The van der Waals surface area contributed by atoms with Crippen LogP contribution in [0.3, 0.4) is 0 Å². The number of carbonyl (C=O) groups is 3. The monoisotopic (exact) mass is 380 g/mol. The second-order valence-corrected chi connectivity index (χ2v) is 8.36. The lowest BCUT2D eigenvalue weighted by molar-refractivity contribution is -0.152. The lowest BCUT2D eigenvalue weighted by atomic mass is 9.98. The molecule has 0 aromatic heterocycles. The van der Waals surface area contributed by atoms with E-state index in [9.17, 15) is 28.3 Å². The average molecular weight is 381 g/mol. The smallest absolute Gasteiger partial charge is 0.399 e. The molecule has 2 aliphatic rings. The van der Waals surface area contributed by atoms with Crippen LogP contribution in [0.1, 0.15) is 34.1 Å². The zero-order valence-electron chi connectivity index (χ0n) is 14.6. The number of carbonyl (C=O) groups excluding carboxylic acids is 2. The van der Waals surface area contributed by atoms with Gasteiger partial charge in [-0.1, -0.05) is 27.7 Å². The first-order valence-electron chi connectivity index (χ1n) is 8.19. The molecule has 9 heteroatoms. The van der Waals surface area contributed by atoms with Gasteiger partial charge in [0.25, 0.3) is 0 Å². The van der Waals surface area contributed by atoms with Crippen LogP contribution in [0, 0.1) is 23.2 Å². The molecule has 1 aliphatic carbocycles. The third kappa shape index (κ3) is 3.73. The molecule has 1 saturated carbocycles. The van der Waals surface area contributed by atoms with Crippen molar-refractivity contribution in [2.24, 2.45) is 23.2 Å². The molecule has 4 atom stereocenters. The molecule has 0 radical (unpaired) electrons. The van der Waals surface area contributed by atoms with Gasteiger partial charge in [-0.15, -0.1) is 0 Å². The number of fused-ring (bicyclic) bond motifs is 1. The van der Waals surface area contributed by atoms with Gasteiger partial charge in [-0.25, -0.2) is 4.79 Å². The highest BCUT2D eigenvalue weighted by atomic mass is 35.5. The molecule has 2 rings (SSSR count). The summed E-state index contributed by atoms with van der Waals surface area (Å²) >= 11 is 4.71. The van der Waals surface area contributed by atoms with E-state index in [0.717, 1.165) is 0 Å². The van der Waals surface area contributed by atoms with Crippen LogP contribution in [0.25, 0.3) is 0 Å². The van der Waals surface area contributed by atoms with Crippen molar-refractivity contribution in [3.63, 3.8) is 0 Å². The molecule has 2 amide bonds. The number of halogens is 3. The number of hydrogen-bond acceptors (Lipinski definition) is 3. The summed E-state index contributed by atoms with van der Waals surface area (Å²) in [6.45, 7) is 7.67. The molecule has 1 heterocycles. The maximum Gasteiger partial charge on any atom is 0.399 e. The Kier molecular flexibility index (Phi) is 5.07. The highest BCUT2D eigenvalue weighted by molar-refractivity contribution is 6.32. The Hall–Kier alpha value is -1.44. The standard InChI is InChI=1S/C16H23ClF2N2O4/c1-7(2)5-9(20-14(25)16(17,18)19)12(22)21-6-8-10(15(8,3)4)11(21)13(23)24/h7-11H,5-6H2,1-4H3,(H,20,25)(H,23,24)/t8-,9-,10-,11-/m0/s1. The third-order valence-electron chi connectivity index (χ3n) is 5.31. The summed E-state index contributed by atoms with van der Waals surface area (Å²) in [5.74, 6) is -3.72. The van der Waals surface area contributed by atoms with Gasteiger partial charge in [-0.2, -0.15) is 8.78 Å². The Balaban J connectivity index is 2.19. The summed E-state index contributed by atoms with van der Waals surface area (Å²) in [6, 6.07) is -2.24. The molecule has 0 spiro atoms. The van der Waals surface area contributed by atoms with E-state index in [1.807, 2.05) is 19.2 Å². The minimum Gasteiger partial charge on any atom is -0.480 e. The molecule has 6 nitrogen and oxygen atoms in total. The largest absolute Gasteiger partial charge is 0.480 e. The summed E-state index contributed by atoms with van der Waals surface area (Å²) in [5, 5.41) is 7.36. The topological polar surface area (TPSA) is 86.7 Å². The lowest BCUT2D eigenvalue weighted by Crippen LogP contribution is -2.55. The Morgan fingerprint density at radius 1 is 1.36 bits per heavy atom. The zero-order chi connectivity index (χ0) is 19.3. The maximum absolute atomic E-state index is 13.0. The zero-order valence-corrected chi connectivity index (χ0v) is 15.3. The van der Waals surface area contributed by atoms with Gasteiger partial charge in [0.1, 0.15) is 12.1 Å². The number of nitrogens with zero attached hydrogens (tertiary/aromatic N) is 1. The fourth-order valence-corrected chi connectivity index (χ4v) is 3.98. The van der Waals surface area contributed by atoms with Crippen LogP contribution in [0.4, 0.5) is 8.78 Å².